The van der Waals surface area contributed by atoms with E-state index in [1.165, 1.54) is 12.3 Å². The highest BCUT2D eigenvalue weighted by atomic mass is 79.9. The summed E-state index contributed by atoms with van der Waals surface area (Å²) in [6.07, 6.45) is 1.50. The Morgan fingerprint density at radius 2 is 1.90 bits per heavy atom. The molecule has 3 rings (SSSR count). The zero-order valence-corrected chi connectivity index (χ0v) is 17.8. The normalized spacial score (nSPS) is 18.9. The van der Waals surface area contributed by atoms with Crippen LogP contribution in [0.2, 0.25) is 0 Å². The topological polar surface area (TPSA) is 99.9 Å². The Kier molecular flexibility index (Phi) is 5.66. The van der Waals surface area contributed by atoms with Crippen molar-refractivity contribution in [2.24, 2.45) is 10.9 Å². The lowest BCUT2D eigenvalue weighted by atomic mass is 9.88. The van der Waals surface area contributed by atoms with E-state index in [1.54, 1.807) is 37.3 Å². The van der Waals surface area contributed by atoms with E-state index in [4.69, 9.17) is 0 Å². The van der Waals surface area contributed by atoms with Crippen LogP contribution < -0.4 is 0 Å². The molecule has 2 aromatic rings. The first-order chi connectivity index (χ1) is 13.7. The van der Waals surface area contributed by atoms with Gasteiger partial charge in [-0.05, 0) is 36.6 Å². The fraction of sp³-hybridized carbons (Fsp3) is 0.286. The lowest BCUT2D eigenvalue weighted by molar-refractivity contribution is -0.130. The molecule has 2 amide bonds. The monoisotopic (exact) mass is 457 g/mol. The maximum absolute atomic E-state index is 13.3. The average molecular weight is 458 g/mol. The maximum atomic E-state index is 13.3. The van der Waals surface area contributed by atoms with Crippen molar-refractivity contribution >= 4 is 39.5 Å². The summed E-state index contributed by atoms with van der Waals surface area (Å²) in [7, 11) is 0. The number of hydrogen-bond acceptors (Lipinski definition) is 5. The molecule has 1 unspecified atom stereocenters. The molecule has 0 saturated carbocycles. The number of carboxylic acids is 1. The van der Waals surface area contributed by atoms with Crippen molar-refractivity contribution in [2.45, 2.75) is 31.6 Å². The smallest absolute Gasteiger partial charge is 0.338 e. The summed E-state index contributed by atoms with van der Waals surface area (Å²) < 4.78 is 0. The van der Waals surface area contributed by atoms with Gasteiger partial charge in [0.2, 0.25) is 0 Å². The number of hydrogen-bond donors (Lipinski definition) is 1. The maximum Gasteiger partial charge on any atom is 0.338 e. The first-order valence-corrected chi connectivity index (χ1v) is 10.1. The quantitative estimate of drug-likeness (QED) is 0.546. The second-order valence-electron chi connectivity index (χ2n) is 7.23. The van der Waals surface area contributed by atoms with Crippen LogP contribution in [0.5, 0.6) is 0 Å². The number of carboxylic acid groups (broad SMARTS) is 1. The number of aromatic nitrogens is 1. The van der Waals surface area contributed by atoms with Gasteiger partial charge >= 0.3 is 5.97 Å². The van der Waals surface area contributed by atoms with Gasteiger partial charge in [0.15, 0.2) is 5.84 Å². The van der Waals surface area contributed by atoms with Gasteiger partial charge in [0.25, 0.3) is 11.8 Å². The standard InChI is InChI=1S/C21H20BrN3O4/c1-12(2)21(3)20(29)25(18(26)14-7-5-4-6-8-14)17(24-21)16-15(19(27)28)9-13(10-22)11-23-16/h4-9,11-12H,10H2,1-3H3,(H,27,28). The van der Waals surface area contributed by atoms with Gasteiger partial charge in [-0.15, -0.1) is 0 Å². The van der Waals surface area contributed by atoms with Crippen molar-refractivity contribution in [1.82, 2.24) is 9.88 Å². The molecule has 0 saturated heterocycles. The highest BCUT2D eigenvalue weighted by molar-refractivity contribution is 9.08. The molecule has 1 aromatic heterocycles. The first kappa shape index (κ1) is 20.9. The largest absolute Gasteiger partial charge is 0.478 e. The van der Waals surface area contributed by atoms with E-state index in [0.29, 0.717) is 16.5 Å². The van der Waals surface area contributed by atoms with Crippen LogP contribution in [0.4, 0.5) is 0 Å². The van der Waals surface area contributed by atoms with Gasteiger partial charge in [0.05, 0.1) is 5.56 Å². The molecule has 0 radical (unpaired) electrons. The van der Waals surface area contributed by atoms with Crippen molar-refractivity contribution in [3.8, 4) is 0 Å². The molecule has 1 N–H and O–H groups in total. The van der Waals surface area contributed by atoms with E-state index in [1.807, 2.05) is 13.8 Å². The van der Waals surface area contributed by atoms with Gasteiger partial charge < -0.3 is 5.11 Å². The van der Waals surface area contributed by atoms with Crippen LogP contribution in [0, 0.1) is 5.92 Å². The van der Waals surface area contributed by atoms with Crippen molar-refractivity contribution in [3.63, 3.8) is 0 Å². The predicted octanol–water partition coefficient (Wildman–Crippen LogP) is 3.52. The number of nitrogens with zero attached hydrogens (tertiary/aromatic N) is 3. The van der Waals surface area contributed by atoms with E-state index < -0.39 is 23.3 Å². The number of amidine groups is 1. The second kappa shape index (κ2) is 7.87. The number of aromatic carboxylic acids is 1. The lowest BCUT2D eigenvalue weighted by Crippen LogP contribution is -2.47. The van der Waals surface area contributed by atoms with Gasteiger partial charge in [0, 0.05) is 17.1 Å². The Bertz CT molecular complexity index is 1020. The van der Waals surface area contributed by atoms with Crippen LogP contribution >= 0.6 is 15.9 Å². The molecular weight excluding hydrogens is 438 g/mol. The van der Waals surface area contributed by atoms with E-state index in [9.17, 15) is 19.5 Å². The van der Waals surface area contributed by atoms with Crippen LogP contribution in [0.15, 0.2) is 47.6 Å². The zero-order valence-electron chi connectivity index (χ0n) is 16.2. The van der Waals surface area contributed by atoms with Gasteiger partial charge in [-0.2, -0.15) is 0 Å². The Morgan fingerprint density at radius 3 is 2.45 bits per heavy atom. The molecule has 7 nitrogen and oxygen atoms in total. The summed E-state index contributed by atoms with van der Waals surface area (Å²) in [6.45, 7) is 5.30. The average Bonchev–Trinajstić information content (AvgIpc) is 2.99. The number of aliphatic imine (C=N–C) groups is 1. The molecule has 2 heterocycles. The molecular formula is C21H20BrN3O4. The third kappa shape index (κ3) is 3.60. The van der Waals surface area contributed by atoms with Crippen LogP contribution in [0.3, 0.4) is 0 Å². The minimum Gasteiger partial charge on any atom is -0.478 e. The lowest BCUT2D eigenvalue weighted by Gasteiger charge is -2.25. The molecule has 0 fully saturated rings. The summed E-state index contributed by atoms with van der Waals surface area (Å²) >= 11 is 3.28. The highest BCUT2D eigenvalue weighted by Crippen LogP contribution is 2.33. The first-order valence-electron chi connectivity index (χ1n) is 9.03. The number of imide groups is 1. The third-order valence-electron chi connectivity index (χ3n) is 5.07. The van der Waals surface area contributed by atoms with E-state index in [2.05, 4.69) is 25.9 Å². The van der Waals surface area contributed by atoms with Crippen LogP contribution in [-0.2, 0) is 10.1 Å². The highest BCUT2D eigenvalue weighted by Gasteiger charge is 2.50. The molecule has 29 heavy (non-hydrogen) atoms. The molecule has 0 bridgehead atoms. The summed E-state index contributed by atoms with van der Waals surface area (Å²) in [5, 5.41) is 10.1. The van der Waals surface area contributed by atoms with Crippen molar-refractivity contribution in [3.05, 3.63) is 65.0 Å². The van der Waals surface area contributed by atoms with E-state index in [0.717, 1.165) is 4.90 Å². The number of pyridine rings is 1. The molecule has 1 aliphatic heterocycles. The Labute approximate surface area is 176 Å². The van der Waals surface area contributed by atoms with Gasteiger partial charge in [-0.3, -0.25) is 14.6 Å². The van der Waals surface area contributed by atoms with Crippen molar-refractivity contribution < 1.29 is 19.5 Å². The summed E-state index contributed by atoms with van der Waals surface area (Å²) in [6, 6.07) is 9.80. The fourth-order valence-electron chi connectivity index (χ4n) is 3.00. The van der Waals surface area contributed by atoms with Gasteiger partial charge in [-0.25, -0.2) is 14.7 Å². The number of alkyl halides is 1. The van der Waals surface area contributed by atoms with Crippen LogP contribution in [-0.4, -0.2) is 44.1 Å². The van der Waals surface area contributed by atoms with Crippen molar-refractivity contribution in [1.29, 1.82) is 0 Å². The molecule has 150 valence electrons. The van der Waals surface area contributed by atoms with Crippen LogP contribution in [0.1, 0.15) is 52.7 Å². The number of benzene rings is 1. The Balaban J connectivity index is 2.22. The number of rotatable bonds is 5. The molecule has 8 heteroatoms. The second-order valence-corrected chi connectivity index (χ2v) is 7.79. The number of carbonyl (C=O) groups is 3. The molecule has 0 spiro atoms. The minimum absolute atomic E-state index is 0.00999. The fourth-order valence-corrected chi connectivity index (χ4v) is 3.30. The summed E-state index contributed by atoms with van der Waals surface area (Å²) in [5.41, 5.74) is -0.374. The van der Waals surface area contributed by atoms with Gasteiger partial charge in [0.1, 0.15) is 11.2 Å². The number of amides is 2. The Hall–Kier alpha value is -2.87. The Morgan fingerprint density at radius 1 is 1.24 bits per heavy atom. The van der Waals surface area contributed by atoms with E-state index in [-0.39, 0.29) is 23.0 Å². The number of carbonyl (C=O) groups excluding carboxylic acids is 2. The third-order valence-corrected chi connectivity index (χ3v) is 5.72. The predicted molar refractivity (Wildman–Crippen MR) is 111 cm³/mol. The van der Waals surface area contributed by atoms with Gasteiger partial charge in [-0.1, -0.05) is 48.0 Å². The zero-order chi connectivity index (χ0) is 21.3. The molecule has 1 atom stereocenters. The molecule has 1 aromatic carbocycles. The minimum atomic E-state index is -1.21. The molecule has 0 aliphatic carbocycles. The summed E-state index contributed by atoms with van der Waals surface area (Å²) in [4.78, 5) is 48.1. The number of halogens is 1. The van der Waals surface area contributed by atoms with Crippen LogP contribution in [0.25, 0.3) is 0 Å². The SMILES string of the molecule is CC(C)C1(C)N=C(c2ncc(CBr)cc2C(=O)O)N(C(=O)c2ccccc2)C1=O. The molecule has 1 aliphatic rings. The van der Waals surface area contributed by atoms with Crippen molar-refractivity contribution in [2.75, 3.05) is 0 Å². The summed E-state index contributed by atoms with van der Waals surface area (Å²) in [5.74, 6) is -2.54. The van der Waals surface area contributed by atoms with E-state index >= 15 is 0 Å².